The summed E-state index contributed by atoms with van der Waals surface area (Å²) < 4.78 is 1.10. The first-order valence-corrected chi connectivity index (χ1v) is 10.7. The van der Waals surface area contributed by atoms with Gasteiger partial charge in [0, 0.05) is 16.7 Å². The number of fused-ring (bicyclic) bond motifs is 1. The minimum absolute atomic E-state index is 0.00972. The van der Waals surface area contributed by atoms with Crippen molar-refractivity contribution in [2.75, 3.05) is 0 Å². The number of para-hydroxylation sites is 1. The lowest BCUT2D eigenvalue weighted by Gasteiger charge is -2.12. The van der Waals surface area contributed by atoms with E-state index in [4.69, 9.17) is 4.99 Å². The Hall–Kier alpha value is -4.45. The van der Waals surface area contributed by atoms with Crippen molar-refractivity contribution < 1.29 is 5.11 Å². The van der Waals surface area contributed by atoms with E-state index < -0.39 is 17.1 Å². The monoisotopic (exact) mass is 435 g/mol. The van der Waals surface area contributed by atoms with Crippen molar-refractivity contribution in [2.24, 2.45) is 4.99 Å². The molecule has 2 heterocycles. The van der Waals surface area contributed by atoms with Gasteiger partial charge < -0.3 is 5.11 Å². The molecule has 6 heteroatoms. The Morgan fingerprint density at radius 3 is 2.36 bits per heavy atom. The largest absolute Gasteiger partial charge is 0.494 e. The zero-order valence-electron chi connectivity index (χ0n) is 17.9. The molecular formula is C27H21N3O3. The van der Waals surface area contributed by atoms with Crippen LogP contribution in [0, 0.1) is 0 Å². The van der Waals surface area contributed by atoms with Crippen LogP contribution in [0.1, 0.15) is 29.2 Å². The summed E-state index contributed by atoms with van der Waals surface area (Å²) in [6, 6.07) is 24.5. The molecule has 5 rings (SSSR count). The molecule has 0 radical (unpaired) electrons. The van der Waals surface area contributed by atoms with Crippen LogP contribution in [-0.4, -0.2) is 20.4 Å². The standard InChI is InChI=1S/C27H21N3O3/c1-2-17-12-14-19(15-13-17)30-26(32)22(25(31)29-27(30)33)16-21-20-10-6-7-11-23(20)28-24(21)18-8-4-3-5-9-18/h3-16,32H,2H2,1H3,(H,29,31,33). The molecule has 4 aromatic rings. The molecule has 33 heavy (non-hydrogen) atoms. The van der Waals surface area contributed by atoms with Gasteiger partial charge in [-0.3, -0.25) is 9.78 Å². The highest BCUT2D eigenvalue weighted by molar-refractivity contribution is 6.39. The van der Waals surface area contributed by atoms with Crippen LogP contribution in [0.5, 0.6) is 5.88 Å². The Morgan fingerprint density at radius 1 is 0.939 bits per heavy atom. The van der Waals surface area contributed by atoms with Crippen LogP contribution in [0.4, 0.5) is 5.69 Å². The zero-order valence-corrected chi connectivity index (χ0v) is 17.9. The van der Waals surface area contributed by atoms with E-state index in [-0.39, 0.29) is 5.56 Å². The Bertz CT molecular complexity index is 1530. The van der Waals surface area contributed by atoms with Gasteiger partial charge in [0.25, 0.3) is 5.56 Å². The molecule has 2 N–H and O–H groups in total. The third-order valence-electron chi connectivity index (χ3n) is 5.74. The predicted molar refractivity (Wildman–Crippen MR) is 131 cm³/mol. The summed E-state index contributed by atoms with van der Waals surface area (Å²) in [5.74, 6) is -0.419. The number of benzene rings is 3. The van der Waals surface area contributed by atoms with E-state index in [1.807, 2.05) is 73.7 Å². The highest BCUT2D eigenvalue weighted by atomic mass is 16.3. The van der Waals surface area contributed by atoms with E-state index >= 15 is 0 Å². The van der Waals surface area contributed by atoms with E-state index in [1.165, 1.54) is 0 Å². The fraction of sp³-hybridized carbons (Fsp3) is 0.0741. The van der Waals surface area contributed by atoms with Crippen LogP contribution in [0.2, 0.25) is 0 Å². The van der Waals surface area contributed by atoms with Gasteiger partial charge in [-0.05, 0) is 36.3 Å². The van der Waals surface area contributed by atoms with E-state index in [2.05, 4.69) is 4.98 Å². The first-order valence-electron chi connectivity index (χ1n) is 10.7. The number of nitrogens with one attached hydrogen (secondary N) is 1. The first-order chi connectivity index (χ1) is 16.1. The second-order valence-corrected chi connectivity index (χ2v) is 7.75. The van der Waals surface area contributed by atoms with Gasteiger partial charge in [0.1, 0.15) is 5.56 Å². The van der Waals surface area contributed by atoms with Gasteiger partial charge in [0.15, 0.2) is 0 Å². The molecule has 162 valence electrons. The molecule has 1 aromatic heterocycles. The van der Waals surface area contributed by atoms with E-state index in [0.29, 0.717) is 17.0 Å². The summed E-state index contributed by atoms with van der Waals surface area (Å²) in [6.07, 6.45) is 2.45. The molecule has 1 aliphatic heterocycles. The van der Waals surface area contributed by atoms with Crippen molar-refractivity contribution >= 4 is 23.0 Å². The van der Waals surface area contributed by atoms with E-state index in [1.54, 1.807) is 18.2 Å². The highest BCUT2D eigenvalue weighted by Crippen LogP contribution is 2.38. The van der Waals surface area contributed by atoms with Crippen molar-refractivity contribution in [3.05, 3.63) is 122 Å². The number of aliphatic imine (C=N–C) groups is 1. The van der Waals surface area contributed by atoms with Crippen LogP contribution in [0.25, 0.3) is 17.3 Å². The summed E-state index contributed by atoms with van der Waals surface area (Å²) in [7, 11) is 0. The van der Waals surface area contributed by atoms with E-state index in [0.717, 1.165) is 33.4 Å². The topological polar surface area (TPSA) is 87.4 Å². The number of aromatic amines is 1. The lowest BCUT2D eigenvalue weighted by molar-refractivity contribution is 0.429. The van der Waals surface area contributed by atoms with Crippen molar-refractivity contribution in [3.8, 4) is 11.6 Å². The van der Waals surface area contributed by atoms with Crippen LogP contribution in [0.3, 0.4) is 0 Å². The summed E-state index contributed by atoms with van der Waals surface area (Å²) in [6.45, 7) is 2.04. The van der Waals surface area contributed by atoms with Crippen LogP contribution >= 0.6 is 0 Å². The molecule has 0 unspecified atom stereocenters. The molecule has 0 aliphatic carbocycles. The lowest BCUT2D eigenvalue weighted by atomic mass is 9.96. The fourth-order valence-corrected chi connectivity index (χ4v) is 4.00. The average molecular weight is 435 g/mol. The summed E-state index contributed by atoms with van der Waals surface area (Å²) in [5.41, 5.74) is 4.10. The predicted octanol–water partition coefficient (Wildman–Crippen LogP) is 4.47. The molecule has 0 fully saturated rings. The summed E-state index contributed by atoms with van der Waals surface area (Å²) in [4.78, 5) is 32.5. The fourth-order valence-electron chi connectivity index (χ4n) is 4.00. The molecule has 3 aromatic carbocycles. The smallest absolute Gasteiger partial charge is 0.335 e. The maximum atomic E-state index is 12.8. The Kier molecular flexibility index (Phi) is 5.11. The van der Waals surface area contributed by atoms with Crippen LogP contribution in [-0.2, 0) is 6.42 Å². The quantitative estimate of drug-likeness (QED) is 0.496. The molecule has 1 aliphatic rings. The van der Waals surface area contributed by atoms with Gasteiger partial charge in [-0.2, -0.15) is 0 Å². The van der Waals surface area contributed by atoms with Crippen molar-refractivity contribution in [1.29, 1.82) is 0 Å². The van der Waals surface area contributed by atoms with Gasteiger partial charge in [-0.1, -0.05) is 67.6 Å². The summed E-state index contributed by atoms with van der Waals surface area (Å²) >= 11 is 0. The maximum Gasteiger partial charge on any atom is 0.335 e. The van der Waals surface area contributed by atoms with Crippen LogP contribution in [0.15, 0.2) is 93.4 Å². The van der Waals surface area contributed by atoms with Gasteiger partial charge >= 0.3 is 5.69 Å². The Morgan fingerprint density at radius 2 is 1.64 bits per heavy atom. The number of allylic oxidation sites excluding steroid dienone is 1. The minimum atomic E-state index is -0.701. The van der Waals surface area contributed by atoms with Crippen molar-refractivity contribution in [1.82, 2.24) is 9.55 Å². The Balaban J connectivity index is 1.72. The highest BCUT2D eigenvalue weighted by Gasteiger charge is 2.24. The SMILES string of the molecule is CCc1ccc(-n2c(O)c(C=C3C(c4ccccc4)=Nc4ccccc43)c(=O)[nH]c2=O)cc1. The van der Waals surface area contributed by atoms with Crippen molar-refractivity contribution in [2.45, 2.75) is 13.3 Å². The maximum absolute atomic E-state index is 12.8. The number of rotatable bonds is 4. The number of hydrogen-bond donors (Lipinski definition) is 2. The molecule has 0 saturated heterocycles. The van der Waals surface area contributed by atoms with Gasteiger partial charge in [-0.15, -0.1) is 0 Å². The van der Waals surface area contributed by atoms with E-state index in [9.17, 15) is 14.7 Å². The first kappa shape index (κ1) is 20.5. The van der Waals surface area contributed by atoms with Crippen molar-refractivity contribution in [3.63, 3.8) is 0 Å². The van der Waals surface area contributed by atoms with Gasteiger partial charge in [0.2, 0.25) is 5.88 Å². The molecular weight excluding hydrogens is 414 g/mol. The minimum Gasteiger partial charge on any atom is -0.494 e. The number of aryl methyl sites for hydroxylation is 1. The molecule has 6 nitrogen and oxygen atoms in total. The number of H-pyrrole nitrogens is 1. The molecule has 0 saturated carbocycles. The number of nitrogens with zero attached hydrogens (tertiary/aromatic N) is 2. The van der Waals surface area contributed by atoms with Crippen LogP contribution < -0.4 is 11.2 Å². The number of hydrogen-bond acceptors (Lipinski definition) is 4. The molecule has 0 spiro atoms. The Labute approximate surface area is 189 Å². The number of aromatic nitrogens is 2. The molecule has 0 amide bonds. The zero-order chi connectivity index (χ0) is 22.9. The van der Waals surface area contributed by atoms with Gasteiger partial charge in [-0.25, -0.2) is 14.4 Å². The average Bonchev–Trinajstić information content (AvgIpc) is 3.21. The van der Waals surface area contributed by atoms with Gasteiger partial charge in [0.05, 0.1) is 17.1 Å². The second-order valence-electron chi connectivity index (χ2n) is 7.75. The second kappa shape index (κ2) is 8.24. The molecule has 0 atom stereocenters. The molecule has 0 bridgehead atoms. The number of aromatic hydroxyl groups is 1. The lowest BCUT2D eigenvalue weighted by Crippen LogP contribution is -2.30. The third kappa shape index (κ3) is 3.61. The normalized spacial score (nSPS) is 13.7. The summed E-state index contributed by atoms with van der Waals surface area (Å²) in [5, 5.41) is 11.1. The third-order valence-corrected chi connectivity index (χ3v) is 5.74.